The summed E-state index contributed by atoms with van der Waals surface area (Å²) in [4.78, 5) is 0. The molecule has 1 unspecified atom stereocenters. The second-order valence-corrected chi connectivity index (χ2v) is 6.07. The molecule has 1 aliphatic heterocycles. The monoisotopic (exact) mass is 176 g/mol. The van der Waals surface area contributed by atoms with E-state index in [0.717, 1.165) is 0 Å². The zero-order valence-electron chi connectivity index (χ0n) is 6.76. The van der Waals surface area contributed by atoms with Crippen molar-refractivity contribution < 1.29 is 0 Å². The van der Waals surface area contributed by atoms with Crippen molar-refractivity contribution in [1.29, 1.82) is 0 Å². The van der Waals surface area contributed by atoms with Gasteiger partial charge in [0.15, 0.2) is 0 Å². The van der Waals surface area contributed by atoms with E-state index in [1.807, 2.05) is 0 Å². The predicted molar refractivity (Wildman–Crippen MR) is 53.2 cm³/mol. The summed E-state index contributed by atoms with van der Waals surface area (Å²) < 4.78 is 0.511. The van der Waals surface area contributed by atoms with Crippen molar-refractivity contribution in [3.63, 3.8) is 0 Å². The maximum absolute atomic E-state index is 4.49. The Labute approximate surface area is 73.6 Å². The maximum atomic E-state index is 4.49. The van der Waals surface area contributed by atoms with Crippen molar-refractivity contribution in [1.82, 2.24) is 0 Å². The van der Waals surface area contributed by atoms with Crippen molar-refractivity contribution in [2.45, 2.75) is 43.1 Å². The second kappa shape index (κ2) is 3.40. The lowest BCUT2D eigenvalue weighted by Crippen LogP contribution is -2.13. The first-order valence-corrected chi connectivity index (χ1v) is 5.42. The molecule has 0 saturated carbocycles. The number of hydrogen-bond donors (Lipinski definition) is 1. The summed E-state index contributed by atoms with van der Waals surface area (Å²) in [7, 11) is 0. The van der Waals surface area contributed by atoms with E-state index in [4.69, 9.17) is 0 Å². The summed E-state index contributed by atoms with van der Waals surface area (Å²) in [5, 5.41) is 0.645. The summed E-state index contributed by atoms with van der Waals surface area (Å²) in [5.41, 5.74) is 0. The maximum Gasteiger partial charge on any atom is 0.0108 e. The average molecular weight is 176 g/mol. The van der Waals surface area contributed by atoms with E-state index in [2.05, 4.69) is 38.2 Å². The van der Waals surface area contributed by atoms with Crippen LogP contribution in [0.1, 0.15) is 33.1 Å². The first-order valence-electron chi connectivity index (χ1n) is 3.92. The number of rotatable bonds is 0. The highest BCUT2D eigenvalue weighted by Crippen LogP contribution is 2.35. The van der Waals surface area contributed by atoms with Crippen LogP contribution in [-0.2, 0) is 0 Å². The Hall–Kier alpha value is 0.700. The lowest BCUT2D eigenvalue weighted by atomic mass is 10.1. The number of thiol groups is 1. The molecule has 0 aliphatic carbocycles. The van der Waals surface area contributed by atoms with Crippen LogP contribution < -0.4 is 0 Å². The quantitative estimate of drug-likeness (QED) is 0.554. The normalized spacial score (nSPS) is 33.3. The van der Waals surface area contributed by atoms with Crippen LogP contribution >= 0.6 is 24.4 Å². The van der Waals surface area contributed by atoms with E-state index >= 15 is 0 Å². The molecule has 10 heavy (non-hydrogen) atoms. The lowest BCUT2D eigenvalue weighted by Gasteiger charge is -2.20. The first-order chi connectivity index (χ1) is 4.60. The molecule has 1 rings (SSSR count). The van der Waals surface area contributed by atoms with Crippen LogP contribution in [0.4, 0.5) is 0 Å². The molecule has 0 radical (unpaired) electrons. The van der Waals surface area contributed by atoms with Crippen LogP contribution in [0.2, 0.25) is 0 Å². The smallest absolute Gasteiger partial charge is 0.0108 e. The van der Waals surface area contributed by atoms with Gasteiger partial charge in [0.2, 0.25) is 0 Å². The van der Waals surface area contributed by atoms with Gasteiger partial charge in [-0.2, -0.15) is 24.4 Å². The van der Waals surface area contributed by atoms with Crippen molar-refractivity contribution in [3.8, 4) is 0 Å². The van der Waals surface area contributed by atoms with E-state index in [0.29, 0.717) is 10.00 Å². The Morgan fingerprint density at radius 1 is 1.50 bits per heavy atom. The van der Waals surface area contributed by atoms with Gasteiger partial charge in [0.25, 0.3) is 0 Å². The minimum Gasteiger partial charge on any atom is -0.175 e. The molecule has 0 aromatic heterocycles. The fraction of sp³-hybridized carbons (Fsp3) is 1.00. The molecule has 60 valence electrons. The molecule has 0 aromatic carbocycles. The van der Waals surface area contributed by atoms with Gasteiger partial charge in [-0.3, -0.25) is 0 Å². The van der Waals surface area contributed by atoms with E-state index in [1.165, 1.54) is 25.0 Å². The Morgan fingerprint density at radius 2 is 2.20 bits per heavy atom. The summed E-state index contributed by atoms with van der Waals surface area (Å²) in [6, 6.07) is 0. The highest BCUT2D eigenvalue weighted by atomic mass is 32.2. The lowest BCUT2D eigenvalue weighted by molar-refractivity contribution is 0.595. The average Bonchev–Trinajstić information content (AvgIpc) is 1.94. The first kappa shape index (κ1) is 8.79. The van der Waals surface area contributed by atoms with Crippen LogP contribution in [0, 0.1) is 0 Å². The van der Waals surface area contributed by atoms with Gasteiger partial charge in [0.05, 0.1) is 0 Å². The van der Waals surface area contributed by atoms with Crippen molar-refractivity contribution in [2.75, 3.05) is 5.75 Å². The van der Waals surface area contributed by atoms with E-state index < -0.39 is 0 Å². The Bertz CT molecular complexity index is 110. The van der Waals surface area contributed by atoms with Gasteiger partial charge in [-0.1, -0.05) is 20.3 Å². The largest absolute Gasteiger partial charge is 0.175 e. The molecule has 1 saturated heterocycles. The van der Waals surface area contributed by atoms with E-state index in [-0.39, 0.29) is 0 Å². The summed E-state index contributed by atoms with van der Waals surface area (Å²) in [6.45, 7) is 4.67. The molecule has 0 nitrogen and oxygen atoms in total. The standard InChI is InChI=1S/C8H16S2/c1-8(2)5-3-4-7(9)6-10-8/h7,9H,3-6H2,1-2H3. The molecule has 0 amide bonds. The Balaban J connectivity index is 2.41. The summed E-state index contributed by atoms with van der Waals surface area (Å²) in [5.74, 6) is 1.23. The molecule has 0 aromatic rings. The highest BCUT2D eigenvalue weighted by Gasteiger charge is 2.22. The molecule has 1 aliphatic rings. The van der Waals surface area contributed by atoms with Gasteiger partial charge in [-0.25, -0.2) is 0 Å². The third-order valence-corrected chi connectivity index (χ3v) is 4.23. The highest BCUT2D eigenvalue weighted by molar-refractivity contribution is 8.01. The van der Waals surface area contributed by atoms with Gasteiger partial charge < -0.3 is 0 Å². The number of hydrogen-bond acceptors (Lipinski definition) is 2. The third kappa shape index (κ3) is 2.75. The van der Waals surface area contributed by atoms with Crippen LogP contribution in [0.25, 0.3) is 0 Å². The molecule has 1 heterocycles. The Morgan fingerprint density at radius 3 is 2.90 bits per heavy atom. The molecule has 2 heteroatoms. The summed E-state index contributed by atoms with van der Waals surface area (Å²) in [6.07, 6.45) is 4.02. The molecular weight excluding hydrogens is 160 g/mol. The molecule has 1 atom stereocenters. The zero-order chi connectivity index (χ0) is 7.61. The summed E-state index contributed by atoms with van der Waals surface area (Å²) >= 11 is 6.56. The molecule has 1 fully saturated rings. The predicted octanol–water partition coefficient (Wildman–Crippen LogP) is 2.98. The second-order valence-electron chi connectivity index (χ2n) is 3.62. The fourth-order valence-corrected chi connectivity index (χ4v) is 2.75. The fourth-order valence-electron chi connectivity index (χ4n) is 1.24. The van der Waals surface area contributed by atoms with Gasteiger partial charge in [-0.15, -0.1) is 0 Å². The molecule has 0 bridgehead atoms. The topological polar surface area (TPSA) is 0 Å². The molecule has 0 N–H and O–H groups in total. The van der Waals surface area contributed by atoms with Crippen molar-refractivity contribution >= 4 is 24.4 Å². The third-order valence-electron chi connectivity index (χ3n) is 1.98. The van der Waals surface area contributed by atoms with Crippen molar-refractivity contribution in [3.05, 3.63) is 0 Å². The zero-order valence-corrected chi connectivity index (χ0v) is 8.47. The van der Waals surface area contributed by atoms with Crippen LogP contribution in [0.15, 0.2) is 0 Å². The van der Waals surface area contributed by atoms with Gasteiger partial charge in [0, 0.05) is 15.7 Å². The van der Waals surface area contributed by atoms with Gasteiger partial charge >= 0.3 is 0 Å². The van der Waals surface area contributed by atoms with Gasteiger partial charge in [0.1, 0.15) is 0 Å². The van der Waals surface area contributed by atoms with E-state index in [9.17, 15) is 0 Å². The molecule has 0 spiro atoms. The molecular formula is C8H16S2. The SMILES string of the molecule is CC1(C)CCCC(S)CS1. The minimum absolute atomic E-state index is 0.511. The Kier molecular flexibility index (Phi) is 2.99. The van der Waals surface area contributed by atoms with Crippen LogP contribution in [0.5, 0.6) is 0 Å². The van der Waals surface area contributed by atoms with E-state index in [1.54, 1.807) is 0 Å². The van der Waals surface area contributed by atoms with Crippen LogP contribution in [0.3, 0.4) is 0 Å². The number of thioether (sulfide) groups is 1. The minimum atomic E-state index is 0.511. The van der Waals surface area contributed by atoms with Crippen molar-refractivity contribution in [2.24, 2.45) is 0 Å². The van der Waals surface area contributed by atoms with Crippen LogP contribution in [-0.4, -0.2) is 15.7 Å². The van der Waals surface area contributed by atoms with Gasteiger partial charge in [-0.05, 0) is 12.8 Å².